The molecule has 24 heavy (non-hydrogen) atoms. The number of hydrogen-bond donors (Lipinski definition) is 1. The number of ether oxygens (including phenoxy) is 1. The number of nitro benzene ring substituents is 1. The number of nitrogens with zero attached hydrogens (tertiary/aromatic N) is 3. The minimum atomic E-state index is -0.390. The summed E-state index contributed by atoms with van der Waals surface area (Å²) in [6.07, 6.45) is 0. The Hall–Kier alpha value is -2.80. The molecule has 4 rings (SSSR count). The maximum atomic E-state index is 11.4. The number of anilines is 2. The molecule has 0 atom stereocenters. The Morgan fingerprint density at radius 2 is 2.21 bits per heavy atom. The lowest BCUT2D eigenvalue weighted by molar-refractivity contribution is -0.383. The van der Waals surface area contributed by atoms with Crippen molar-refractivity contribution in [1.29, 1.82) is 0 Å². The third-order valence-electron chi connectivity index (χ3n) is 4.13. The summed E-state index contributed by atoms with van der Waals surface area (Å²) < 4.78 is 7.07. The van der Waals surface area contributed by atoms with Gasteiger partial charge in [0, 0.05) is 23.2 Å². The molecular weight excluding hydrogens is 332 g/mol. The molecule has 0 fully saturated rings. The zero-order chi connectivity index (χ0) is 16.8. The predicted octanol–water partition coefficient (Wildman–Crippen LogP) is 3.92. The number of alkyl halides is 1. The van der Waals surface area contributed by atoms with Crippen LogP contribution in [0.3, 0.4) is 0 Å². The smallest absolute Gasteiger partial charge is 0.293 e. The molecule has 7 nitrogen and oxygen atoms in total. The second-order valence-corrected chi connectivity index (χ2v) is 5.79. The van der Waals surface area contributed by atoms with Crippen LogP contribution in [0.2, 0.25) is 0 Å². The van der Waals surface area contributed by atoms with E-state index in [-0.39, 0.29) is 10.6 Å². The number of benzene rings is 2. The van der Waals surface area contributed by atoms with Crippen LogP contribution < -0.4 is 10.1 Å². The van der Waals surface area contributed by atoms with E-state index in [2.05, 4.69) is 10.4 Å². The van der Waals surface area contributed by atoms with Crippen LogP contribution in [0.15, 0.2) is 30.3 Å². The molecule has 2 aromatic carbocycles. The largest absolute Gasteiger partial charge is 0.497 e. The standard InChI is InChI=1S/C16H13ClN4O3/c1-24-9-2-3-11-10(8-9)15-14-12(20(19-15)7-6-17)4-5-13(21(22)23)16(14)18-11/h2-5,8,18H,6-7H2,1H3. The second kappa shape index (κ2) is 5.38. The minimum absolute atomic E-state index is 0.0237. The van der Waals surface area contributed by atoms with E-state index in [0.29, 0.717) is 29.6 Å². The first-order valence-electron chi connectivity index (χ1n) is 7.33. The fourth-order valence-electron chi connectivity index (χ4n) is 3.07. The van der Waals surface area contributed by atoms with Crippen molar-refractivity contribution in [3.63, 3.8) is 0 Å². The number of fused-ring (bicyclic) bond motifs is 2. The molecule has 122 valence electrons. The highest BCUT2D eigenvalue weighted by molar-refractivity contribution is 6.18. The summed E-state index contributed by atoms with van der Waals surface area (Å²) in [4.78, 5) is 11.0. The van der Waals surface area contributed by atoms with E-state index in [0.717, 1.165) is 22.2 Å². The van der Waals surface area contributed by atoms with Crippen molar-refractivity contribution in [2.24, 2.45) is 0 Å². The molecule has 0 radical (unpaired) electrons. The van der Waals surface area contributed by atoms with E-state index < -0.39 is 0 Å². The zero-order valence-electron chi connectivity index (χ0n) is 12.7. The number of halogens is 1. The average molecular weight is 345 g/mol. The minimum Gasteiger partial charge on any atom is -0.497 e. The summed E-state index contributed by atoms with van der Waals surface area (Å²) >= 11 is 5.87. The highest BCUT2D eigenvalue weighted by atomic mass is 35.5. The van der Waals surface area contributed by atoms with E-state index in [1.165, 1.54) is 6.07 Å². The van der Waals surface area contributed by atoms with Crippen LogP contribution >= 0.6 is 11.6 Å². The lowest BCUT2D eigenvalue weighted by Crippen LogP contribution is -2.03. The average Bonchev–Trinajstić information content (AvgIpc) is 2.95. The molecule has 8 heteroatoms. The highest BCUT2D eigenvalue weighted by Gasteiger charge is 2.29. The summed E-state index contributed by atoms with van der Waals surface area (Å²) in [5, 5.41) is 20.0. The highest BCUT2D eigenvalue weighted by Crippen LogP contribution is 2.47. The van der Waals surface area contributed by atoms with Crippen molar-refractivity contribution in [3.05, 3.63) is 40.4 Å². The SMILES string of the molecule is COc1ccc2c(c1)-c1nn(CCCl)c3ccc([N+](=O)[O-])c(c13)N2. The number of rotatable bonds is 4. The van der Waals surface area contributed by atoms with E-state index in [9.17, 15) is 10.1 Å². The van der Waals surface area contributed by atoms with Gasteiger partial charge >= 0.3 is 0 Å². The van der Waals surface area contributed by atoms with Crippen molar-refractivity contribution in [2.75, 3.05) is 18.3 Å². The predicted molar refractivity (Wildman–Crippen MR) is 92.4 cm³/mol. The van der Waals surface area contributed by atoms with Gasteiger partial charge in [0.15, 0.2) is 0 Å². The molecule has 0 saturated carbocycles. The van der Waals surface area contributed by atoms with Gasteiger partial charge in [0.25, 0.3) is 5.69 Å². The molecule has 1 aliphatic heterocycles. The topological polar surface area (TPSA) is 82.2 Å². The van der Waals surface area contributed by atoms with Gasteiger partial charge in [0.05, 0.1) is 29.5 Å². The fourth-order valence-corrected chi connectivity index (χ4v) is 3.23. The number of nitrogens with one attached hydrogen (secondary N) is 1. The maximum absolute atomic E-state index is 11.4. The van der Waals surface area contributed by atoms with Crippen LogP contribution in [0.1, 0.15) is 0 Å². The monoisotopic (exact) mass is 344 g/mol. The van der Waals surface area contributed by atoms with Crippen LogP contribution in [0, 0.1) is 10.1 Å². The van der Waals surface area contributed by atoms with Gasteiger partial charge in [-0.05, 0) is 24.3 Å². The summed E-state index contributed by atoms with van der Waals surface area (Å²) in [5.74, 6) is 1.10. The Balaban J connectivity index is 2.08. The van der Waals surface area contributed by atoms with E-state index in [1.54, 1.807) is 23.9 Å². The quantitative estimate of drug-likeness (QED) is 0.345. The molecule has 0 spiro atoms. The van der Waals surface area contributed by atoms with Crippen LogP contribution in [0.5, 0.6) is 5.75 Å². The van der Waals surface area contributed by atoms with Crippen LogP contribution in [-0.4, -0.2) is 27.7 Å². The molecular formula is C16H13ClN4O3. The first kappa shape index (κ1) is 14.8. The van der Waals surface area contributed by atoms with Gasteiger partial charge in [-0.25, -0.2) is 0 Å². The molecule has 0 amide bonds. The van der Waals surface area contributed by atoms with Gasteiger partial charge in [0.2, 0.25) is 0 Å². The second-order valence-electron chi connectivity index (χ2n) is 5.41. The van der Waals surface area contributed by atoms with Gasteiger partial charge in [0.1, 0.15) is 17.1 Å². The molecule has 3 aromatic rings. The number of aromatic nitrogens is 2. The van der Waals surface area contributed by atoms with E-state index in [4.69, 9.17) is 16.3 Å². The Morgan fingerprint density at radius 1 is 1.38 bits per heavy atom. The molecule has 2 heterocycles. The van der Waals surface area contributed by atoms with Gasteiger partial charge in [-0.2, -0.15) is 5.10 Å². The van der Waals surface area contributed by atoms with E-state index in [1.807, 2.05) is 12.1 Å². The van der Waals surface area contributed by atoms with Crippen molar-refractivity contribution < 1.29 is 9.66 Å². The molecule has 0 saturated heterocycles. The van der Waals surface area contributed by atoms with Crippen molar-refractivity contribution in [3.8, 4) is 17.0 Å². The fraction of sp³-hybridized carbons (Fsp3) is 0.188. The van der Waals surface area contributed by atoms with Crippen LogP contribution in [-0.2, 0) is 6.54 Å². The molecule has 1 N–H and O–H groups in total. The van der Waals surface area contributed by atoms with Gasteiger partial charge < -0.3 is 10.1 Å². The Morgan fingerprint density at radius 3 is 2.92 bits per heavy atom. The lowest BCUT2D eigenvalue weighted by Gasteiger charge is -2.18. The third kappa shape index (κ3) is 2.01. The van der Waals surface area contributed by atoms with Crippen LogP contribution in [0.25, 0.3) is 22.2 Å². The number of nitro groups is 1. The lowest BCUT2D eigenvalue weighted by atomic mass is 9.99. The molecule has 1 aliphatic rings. The molecule has 0 unspecified atom stereocenters. The normalized spacial score (nSPS) is 11.9. The Labute approximate surface area is 141 Å². The van der Waals surface area contributed by atoms with Crippen molar-refractivity contribution in [2.45, 2.75) is 6.54 Å². The number of aryl methyl sites for hydroxylation is 1. The first-order chi connectivity index (χ1) is 11.6. The summed E-state index contributed by atoms with van der Waals surface area (Å²) in [7, 11) is 1.60. The summed E-state index contributed by atoms with van der Waals surface area (Å²) in [6, 6.07) is 8.72. The zero-order valence-corrected chi connectivity index (χ0v) is 13.5. The van der Waals surface area contributed by atoms with Crippen LogP contribution in [0.4, 0.5) is 17.1 Å². The summed E-state index contributed by atoms with van der Waals surface area (Å²) in [5.41, 5.74) is 3.60. The van der Waals surface area contributed by atoms with Gasteiger partial charge in [-0.3, -0.25) is 14.8 Å². The number of methoxy groups -OCH3 is 1. The van der Waals surface area contributed by atoms with Gasteiger partial charge in [-0.1, -0.05) is 0 Å². The molecule has 1 aromatic heterocycles. The third-order valence-corrected chi connectivity index (χ3v) is 4.30. The van der Waals surface area contributed by atoms with Crippen molar-refractivity contribution in [1.82, 2.24) is 9.78 Å². The maximum Gasteiger partial charge on any atom is 0.293 e. The van der Waals surface area contributed by atoms with Gasteiger partial charge in [-0.15, -0.1) is 11.6 Å². The first-order valence-corrected chi connectivity index (χ1v) is 7.87. The Bertz CT molecular complexity index is 983. The van der Waals surface area contributed by atoms with E-state index >= 15 is 0 Å². The molecule has 0 bridgehead atoms. The number of hydrogen-bond acceptors (Lipinski definition) is 5. The summed E-state index contributed by atoms with van der Waals surface area (Å²) in [6.45, 7) is 0.522. The Kier molecular flexibility index (Phi) is 3.31. The van der Waals surface area contributed by atoms with Crippen molar-refractivity contribution >= 4 is 39.6 Å². The molecule has 0 aliphatic carbocycles.